The molecule has 7 aromatic carbocycles. The zero-order chi connectivity index (χ0) is 71.1. The second-order valence-electron chi connectivity index (χ2n) is 25.3. The quantitative estimate of drug-likeness (QED) is 0.0498. The van der Waals surface area contributed by atoms with Crippen molar-refractivity contribution in [1.82, 2.24) is 48.7 Å². The van der Waals surface area contributed by atoms with Gasteiger partial charge in [-0.1, -0.05) is 84.6 Å². The number of unbranched alkanes of at least 4 members (excludes halogenated alkanes) is 1. The zero-order valence-electron chi connectivity index (χ0n) is 56.3. The van der Waals surface area contributed by atoms with E-state index >= 15 is 0 Å². The van der Waals surface area contributed by atoms with Crippen molar-refractivity contribution in [2.24, 2.45) is 11.5 Å². The molecule has 18 nitrogen and oxygen atoms in total. The van der Waals surface area contributed by atoms with Gasteiger partial charge in [0.1, 0.15) is 87.1 Å². The van der Waals surface area contributed by atoms with Crippen LogP contribution < -0.4 is 31.9 Å². The Bertz CT molecular complexity index is 4550. The van der Waals surface area contributed by atoms with Crippen LogP contribution in [0.2, 0.25) is 10.0 Å². The average Bonchev–Trinajstić information content (AvgIpc) is 1.62. The molecule has 6 heterocycles. The Morgan fingerprint density at radius 2 is 1.01 bits per heavy atom. The molecule has 0 unspecified atom stereocenters. The van der Waals surface area contributed by atoms with Gasteiger partial charge >= 0.3 is 0 Å². The Kier molecular flexibility index (Phi) is 22.2. The van der Waals surface area contributed by atoms with Gasteiger partial charge < -0.3 is 60.3 Å². The summed E-state index contributed by atoms with van der Waals surface area (Å²) < 4.78 is 75.1. The Hall–Kier alpha value is -9.91. The number of amides is 3. The fourth-order valence-corrected chi connectivity index (χ4v) is 12.5. The molecule has 0 aliphatic carbocycles. The van der Waals surface area contributed by atoms with Crippen molar-refractivity contribution in [3.63, 3.8) is 0 Å². The molecule has 0 spiro atoms. The number of imidazole rings is 3. The molecule has 1 atom stereocenters. The molecule has 0 saturated carbocycles. The lowest BCUT2D eigenvalue weighted by atomic mass is 10.0. The number of halogens is 7. The molecule has 25 heteroatoms. The van der Waals surface area contributed by atoms with Crippen LogP contribution in [0, 0.1) is 36.0 Å². The standard InChI is InChI=1S/C31H34FN5O.C23H24ClF2N5O.C21H20ClF2N5O/c1-3-4-18-33-29(23-8-6-5-7-9-23)31(38)36-19-20-37-27(21-36)35-28(24-12-14-25(32)15-13-24)30(37)34-26-16-10-22(2)11-17-26;1-23(2,27)22(32)30-10-11-31-19(13-30)28-20(14-4-6-15(25)7-5-14)21(31)29(3)16-8-9-17(24)18(26)12-16;1-27(15-6-7-16(22)17(24)10-15)21-20(13-2-4-14(23)5-3-13)26-18-12-28(19(30)11-25)8-9-29(18)21/h5-17,29,33-34H,3-4,18-21H2,1-2H3;4-9,12H,10-11,13,27H2,1-3H3;2-7,10H,8-9,11-12,25H2,1H3/t29-;;/m0../s1. The SMILES string of the molecule is CCCCN[C@H](C(=O)N1CCn2c(nc(-c3ccc(F)cc3)c2Nc2ccc(C)cc2)C1)c1ccccc1.CN(c1ccc(Cl)c(F)c1)c1c(-c2ccc(F)cc2)nc2n1CCN(C(=O)C(C)(C)N)C2.CN(c1ccc(Cl)c(F)c1)c1c(-c2ccc(F)cc2)nc2n1CCN(C(=O)CN)C2. The lowest BCUT2D eigenvalue weighted by Crippen LogP contribution is -2.53. The third kappa shape index (κ3) is 16.0. The van der Waals surface area contributed by atoms with Crippen LogP contribution >= 0.6 is 23.2 Å². The van der Waals surface area contributed by atoms with E-state index in [1.807, 2.05) is 66.3 Å². The number of rotatable bonds is 17. The van der Waals surface area contributed by atoms with Crippen molar-refractivity contribution in [2.45, 2.75) is 91.4 Å². The van der Waals surface area contributed by atoms with Gasteiger partial charge in [-0.2, -0.15) is 0 Å². The molecule has 520 valence electrons. The van der Waals surface area contributed by atoms with Gasteiger partial charge in [-0.05, 0) is 161 Å². The summed E-state index contributed by atoms with van der Waals surface area (Å²) in [6, 6.07) is 45.3. The van der Waals surface area contributed by atoms with Crippen LogP contribution in [-0.2, 0) is 53.7 Å². The van der Waals surface area contributed by atoms with E-state index in [-0.39, 0.29) is 58.3 Å². The highest BCUT2D eigenvalue weighted by Gasteiger charge is 2.36. The van der Waals surface area contributed by atoms with E-state index in [0.29, 0.717) is 104 Å². The number of benzene rings is 7. The lowest BCUT2D eigenvalue weighted by Gasteiger charge is -2.34. The number of carbonyl (C=O) groups excluding carboxylic acids is 3. The first kappa shape index (κ1) is 71.4. The molecule has 6 N–H and O–H groups in total. The molecule has 0 radical (unpaired) electrons. The number of anilines is 6. The summed E-state index contributed by atoms with van der Waals surface area (Å²) in [7, 11) is 3.61. The topological polar surface area (TPSA) is 197 Å². The minimum atomic E-state index is -0.991. The number of aryl methyl sites for hydroxylation is 1. The van der Waals surface area contributed by atoms with E-state index in [4.69, 9.17) is 49.6 Å². The Morgan fingerprint density at radius 3 is 1.49 bits per heavy atom. The first-order chi connectivity index (χ1) is 48.0. The molecule has 3 amide bonds. The van der Waals surface area contributed by atoms with Gasteiger partial charge in [-0.3, -0.25) is 14.4 Å². The maximum absolute atomic E-state index is 14.2. The summed E-state index contributed by atoms with van der Waals surface area (Å²) in [5.41, 5.74) is 19.0. The van der Waals surface area contributed by atoms with E-state index in [1.54, 1.807) is 86.3 Å². The molecule has 100 heavy (non-hydrogen) atoms. The zero-order valence-corrected chi connectivity index (χ0v) is 57.8. The van der Waals surface area contributed by atoms with Crippen molar-refractivity contribution in [3.05, 3.63) is 232 Å². The Balaban J connectivity index is 0.000000152. The third-order valence-electron chi connectivity index (χ3n) is 17.7. The Labute approximate surface area is 587 Å². The summed E-state index contributed by atoms with van der Waals surface area (Å²) >= 11 is 11.7. The molecular weight excluding hydrogens is 1320 g/mol. The number of nitrogens with zero attached hydrogens (tertiary/aromatic N) is 11. The summed E-state index contributed by atoms with van der Waals surface area (Å²) in [4.78, 5) is 61.9. The van der Waals surface area contributed by atoms with Crippen LogP contribution in [-0.4, -0.2) is 113 Å². The van der Waals surface area contributed by atoms with Gasteiger partial charge in [0.05, 0.1) is 41.8 Å². The minimum absolute atomic E-state index is 0.0368. The lowest BCUT2D eigenvalue weighted by molar-refractivity contribution is -0.137. The highest BCUT2D eigenvalue weighted by Crippen LogP contribution is 2.41. The van der Waals surface area contributed by atoms with Gasteiger partial charge in [0.2, 0.25) is 17.7 Å². The van der Waals surface area contributed by atoms with E-state index < -0.39 is 23.2 Å². The number of aromatic nitrogens is 6. The minimum Gasteiger partial charge on any atom is -0.340 e. The number of carbonyl (C=O) groups is 3. The van der Waals surface area contributed by atoms with Crippen LogP contribution in [0.25, 0.3) is 33.8 Å². The van der Waals surface area contributed by atoms with Crippen molar-refractivity contribution >= 4 is 75.4 Å². The molecule has 0 fully saturated rings. The van der Waals surface area contributed by atoms with Crippen LogP contribution in [0.1, 0.15) is 68.3 Å². The number of hydrogen-bond donors (Lipinski definition) is 4. The summed E-state index contributed by atoms with van der Waals surface area (Å²) in [6.07, 6.45) is 2.07. The molecule has 0 bridgehead atoms. The summed E-state index contributed by atoms with van der Waals surface area (Å²) in [5, 5.41) is 7.09. The molecule has 13 rings (SSSR count). The molecule has 10 aromatic rings. The number of fused-ring (bicyclic) bond motifs is 3. The van der Waals surface area contributed by atoms with Crippen molar-refractivity contribution in [2.75, 3.05) is 61.9 Å². The molecule has 0 saturated heterocycles. The fraction of sp³-hybridized carbons (Fsp3) is 0.280. The monoisotopic (exact) mass is 1400 g/mol. The van der Waals surface area contributed by atoms with E-state index in [0.717, 1.165) is 59.4 Å². The van der Waals surface area contributed by atoms with Gasteiger partial charge in [0.15, 0.2) is 0 Å². The smallest absolute Gasteiger partial charge is 0.244 e. The van der Waals surface area contributed by atoms with Crippen LogP contribution in [0.5, 0.6) is 0 Å². The first-order valence-electron chi connectivity index (χ1n) is 32.9. The highest BCUT2D eigenvalue weighted by molar-refractivity contribution is 6.31. The maximum atomic E-state index is 14.2. The second-order valence-corrected chi connectivity index (χ2v) is 26.1. The van der Waals surface area contributed by atoms with Crippen LogP contribution in [0.15, 0.2) is 164 Å². The molecule has 3 aromatic heterocycles. The second kappa shape index (κ2) is 31.1. The summed E-state index contributed by atoms with van der Waals surface area (Å²) in [5.74, 6) is 2.14. The number of hydrogen-bond acceptors (Lipinski definition) is 12. The maximum Gasteiger partial charge on any atom is 0.244 e. The van der Waals surface area contributed by atoms with Gasteiger partial charge in [-0.15, -0.1) is 0 Å². The number of nitrogens with one attached hydrogen (secondary N) is 2. The van der Waals surface area contributed by atoms with Crippen LogP contribution in [0.4, 0.5) is 56.5 Å². The third-order valence-corrected chi connectivity index (χ3v) is 18.3. The van der Waals surface area contributed by atoms with E-state index in [1.165, 1.54) is 66.2 Å². The number of nitrogens with two attached hydrogens (primary N) is 2. The van der Waals surface area contributed by atoms with Crippen molar-refractivity contribution in [3.8, 4) is 33.8 Å². The predicted octanol–water partition coefficient (Wildman–Crippen LogP) is 14.1. The molecule has 3 aliphatic rings. The average molecular weight is 1400 g/mol. The van der Waals surface area contributed by atoms with E-state index in [2.05, 4.69) is 41.2 Å². The van der Waals surface area contributed by atoms with Crippen molar-refractivity contribution < 1.29 is 36.3 Å². The Morgan fingerprint density at radius 1 is 0.570 bits per heavy atom. The van der Waals surface area contributed by atoms with Gasteiger partial charge in [0.25, 0.3) is 0 Å². The largest absolute Gasteiger partial charge is 0.340 e. The molecule has 3 aliphatic heterocycles. The van der Waals surface area contributed by atoms with Gasteiger partial charge in [0, 0.05) is 87.1 Å². The summed E-state index contributed by atoms with van der Waals surface area (Å²) in [6.45, 7) is 12.4. The normalized spacial score (nSPS) is 13.6. The fourth-order valence-electron chi connectivity index (χ4n) is 12.3. The first-order valence-corrected chi connectivity index (χ1v) is 33.6. The van der Waals surface area contributed by atoms with Gasteiger partial charge in [-0.25, -0.2) is 36.9 Å². The highest BCUT2D eigenvalue weighted by atomic mass is 35.5. The molecular formula is C75H78Cl2F5N15O3. The van der Waals surface area contributed by atoms with E-state index in [9.17, 15) is 36.3 Å². The van der Waals surface area contributed by atoms with Crippen molar-refractivity contribution in [1.29, 1.82) is 0 Å². The predicted molar refractivity (Wildman–Crippen MR) is 382 cm³/mol. The van der Waals surface area contributed by atoms with Crippen LogP contribution in [0.3, 0.4) is 0 Å².